The molecule has 5 nitrogen and oxygen atoms in total. The zero-order valence-corrected chi connectivity index (χ0v) is 14.7. The Morgan fingerprint density at radius 1 is 1.22 bits per heavy atom. The number of carbonyl (C=O) groups is 1. The first-order chi connectivity index (χ1) is 10.8. The molecule has 1 amide bonds. The van der Waals surface area contributed by atoms with Crippen LogP contribution in [0.15, 0.2) is 24.3 Å². The minimum absolute atomic E-state index is 0.282. The molecule has 7 heteroatoms. The fourth-order valence-corrected chi connectivity index (χ4v) is 3.56. The predicted molar refractivity (Wildman–Crippen MR) is 90.3 cm³/mol. The lowest BCUT2D eigenvalue weighted by atomic mass is 10.2. The van der Waals surface area contributed by atoms with Crippen LogP contribution in [0.2, 0.25) is 0 Å². The Balaban J connectivity index is 2.99. The van der Waals surface area contributed by atoms with Gasteiger partial charge >= 0.3 is 0 Å². The molecule has 0 spiro atoms. The van der Waals surface area contributed by atoms with Gasteiger partial charge in [-0.05, 0) is 37.1 Å². The molecule has 0 saturated heterocycles. The lowest BCUT2D eigenvalue weighted by Crippen LogP contribution is -2.49. The van der Waals surface area contributed by atoms with Crippen molar-refractivity contribution in [2.45, 2.75) is 45.6 Å². The Kier molecular flexibility index (Phi) is 7.48. The number of rotatable bonds is 9. The van der Waals surface area contributed by atoms with E-state index in [1.807, 2.05) is 0 Å². The number of hydrogen-bond donors (Lipinski definition) is 1. The van der Waals surface area contributed by atoms with Crippen LogP contribution in [0.5, 0.6) is 0 Å². The first-order valence-electron chi connectivity index (χ1n) is 7.84. The molecule has 0 fully saturated rings. The summed E-state index contributed by atoms with van der Waals surface area (Å²) in [5.74, 6) is -0.794. The molecule has 0 unspecified atom stereocenters. The van der Waals surface area contributed by atoms with E-state index in [-0.39, 0.29) is 11.6 Å². The van der Waals surface area contributed by atoms with Gasteiger partial charge in [-0.2, -0.15) is 0 Å². The fraction of sp³-hybridized carbons (Fsp3) is 0.562. The molecule has 1 N–H and O–H groups in total. The summed E-state index contributed by atoms with van der Waals surface area (Å²) in [5, 5.41) is 2.78. The third-order valence-electron chi connectivity index (χ3n) is 3.49. The molecule has 0 radical (unpaired) electrons. The van der Waals surface area contributed by atoms with E-state index in [9.17, 15) is 17.6 Å². The van der Waals surface area contributed by atoms with Crippen molar-refractivity contribution in [1.82, 2.24) is 5.32 Å². The van der Waals surface area contributed by atoms with Crippen molar-refractivity contribution < 1.29 is 17.6 Å². The van der Waals surface area contributed by atoms with E-state index < -0.39 is 21.9 Å². The molecule has 0 bridgehead atoms. The minimum Gasteiger partial charge on any atom is -0.354 e. The molecular weight excluding hydrogens is 319 g/mol. The van der Waals surface area contributed by atoms with E-state index in [2.05, 4.69) is 12.2 Å². The summed E-state index contributed by atoms with van der Waals surface area (Å²) in [6, 6.07) is 4.24. The fourth-order valence-electron chi connectivity index (χ4n) is 2.35. The molecule has 1 aromatic carbocycles. The SMILES string of the molecule is CCCCCNC(=O)[C@@H](CC)N(c1ccc(F)cc1)S(C)(=O)=O. The van der Waals surface area contributed by atoms with E-state index in [0.29, 0.717) is 13.0 Å². The monoisotopic (exact) mass is 344 g/mol. The van der Waals surface area contributed by atoms with Crippen molar-refractivity contribution >= 4 is 21.6 Å². The number of hydrogen-bond acceptors (Lipinski definition) is 3. The van der Waals surface area contributed by atoms with Gasteiger partial charge in [0.2, 0.25) is 15.9 Å². The minimum atomic E-state index is -3.67. The third kappa shape index (κ3) is 5.82. The van der Waals surface area contributed by atoms with Crippen molar-refractivity contribution in [3.05, 3.63) is 30.1 Å². The number of carbonyl (C=O) groups excluding carboxylic acids is 1. The molecule has 0 aliphatic heterocycles. The summed E-state index contributed by atoms with van der Waals surface area (Å²) in [4.78, 5) is 12.4. The van der Waals surface area contributed by atoms with Gasteiger partial charge in [0.15, 0.2) is 0 Å². The highest BCUT2D eigenvalue weighted by Gasteiger charge is 2.31. The lowest BCUT2D eigenvalue weighted by Gasteiger charge is -2.30. The Morgan fingerprint density at radius 2 is 1.83 bits per heavy atom. The molecule has 1 atom stereocenters. The van der Waals surface area contributed by atoms with Crippen LogP contribution in [-0.2, 0) is 14.8 Å². The molecule has 0 heterocycles. The van der Waals surface area contributed by atoms with E-state index >= 15 is 0 Å². The number of unbranched alkanes of at least 4 members (excludes halogenated alkanes) is 2. The van der Waals surface area contributed by atoms with Crippen molar-refractivity contribution in [2.75, 3.05) is 17.1 Å². The molecular formula is C16H25FN2O3S. The largest absolute Gasteiger partial charge is 0.354 e. The Labute approximate surface area is 137 Å². The average molecular weight is 344 g/mol. The Bertz CT molecular complexity index is 602. The van der Waals surface area contributed by atoms with Crippen molar-refractivity contribution in [3.8, 4) is 0 Å². The van der Waals surface area contributed by atoms with Gasteiger partial charge in [0.1, 0.15) is 11.9 Å². The highest BCUT2D eigenvalue weighted by Crippen LogP contribution is 2.22. The van der Waals surface area contributed by atoms with Crippen LogP contribution in [0.1, 0.15) is 39.5 Å². The topological polar surface area (TPSA) is 66.5 Å². The number of amides is 1. The van der Waals surface area contributed by atoms with Gasteiger partial charge in [-0.1, -0.05) is 26.7 Å². The van der Waals surface area contributed by atoms with E-state index in [0.717, 1.165) is 29.8 Å². The number of nitrogens with one attached hydrogen (secondary N) is 1. The molecule has 0 aromatic heterocycles. The summed E-state index contributed by atoms with van der Waals surface area (Å²) < 4.78 is 38.4. The zero-order valence-electron chi connectivity index (χ0n) is 13.9. The molecule has 0 saturated carbocycles. The first-order valence-corrected chi connectivity index (χ1v) is 9.68. The van der Waals surface area contributed by atoms with Crippen LogP contribution in [0.4, 0.5) is 10.1 Å². The standard InChI is InChI=1S/C16H25FN2O3S/c1-4-6-7-12-18-16(20)15(5-2)19(23(3,21)22)14-10-8-13(17)9-11-14/h8-11,15H,4-7,12H2,1-3H3,(H,18,20)/t15-/m1/s1. The third-order valence-corrected chi connectivity index (χ3v) is 4.67. The summed E-state index contributed by atoms with van der Waals surface area (Å²) in [6.45, 7) is 4.33. The number of halogens is 1. The van der Waals surface area contributed by atoms with Crippen molar-refractivity contribution in [3.63, 3.8) is 0 Å². The van der Waals surface area contributed by atoms with Crippen LogP contribution in [-0.4, -0.2) is 33.2 Å². The van der Waals surface area contributed by atoms with Crippen LogP contribution >= 0.6 is 0 Å². The molecule has 1 rings (SSSR count). The van der Waals surface area contributed by atoms with Gasteiger partial charge in [-0.25, -0.2) is 12.8 Å². The first kappa shape index (κ1) is 19.4. The summed E-state index contributed by atoms with van der Waals surface area (Å²) in [6.07, 6.45) is 4.27. The van der Waals surface area contributed by atoms with Gasteiger partial charge in [-0.15, -0.1) is 0 Å². The van der Waals surface area contributed by atoms with E-state index in [4.69, 9.17) is 0 Å². The maximum absolute atomic E-state index is 13.1. The van der Waals surface area contributed by atoms with Crippen molar-refractivity contribution in [1.29, 1.82) is 0 Å². The van der Waals surface area contributed by atoms with Gasteiger partial charge in [0, 0.05) is 6.54 Å². The highest BCUT2D eigenvalue weighted by molar-refractivity contribution is 7.92. The normalized spacial score (nSPS) is 12.7. The van der Waals surface area contributed by atoms with Crippen LogP contribution in [0, 0.1) is 5.82 Å². The predicted octanol–water partition coefficient (Wildman–Crippen LogP) is 2.68. The van der Waals surface area contributed by atoms with Crippen LogP contribution in [0.25, 0.3) is 0 Å². The lowest BCUT2D eigenvalue weighted by molar-refractivity contribution is -0.122. The quantitative estimate of drug-likeness (QED) is 0.701. The average Bonchev–Trinajstić information content (AvgIpc) is 2.49. The smallest absolute Gasteiger partial charge is 0.243 e. The molecule has 1 aromatic rings. The van der Waals surface area contributed by atoms with Crippen LogP contribution < -0.4 is 9.62 Å². The number of sulfonamides is 1. The maximum Gasteiger partial charge on any atom is 0.243 e. The van der Waals surface area contributed by atoms with E-state index in [1.165, 1.54) is 24.3 Å². The summed E-state index contributed by atoms with van der Waals surface area (Å²) >= 11 is 0. The Hall–Kier alpha value is -1.63. The summed E-state index contributed by atoms with van der Waals surface area (Å²) in [7, 11) is -3.67. The highest BCUT2D eigenvalue weighted by atomic mass is 32.2. The zero-order chi connectivity index (χ0) is 17.5. The summed E-state index contributed by atoms with van der Waals surface area (Å²) in [5.41, 5.74) is 0.282. The number of anilines is 1. The molecule has 130 valence electrons. The maximum atomic E-state index is 13.1. The Morgan fingerprint density at radius 3 is 2.30 bits per heavy atom. The second-order valence-electron chi connectivity index (χ2n) is 5.46. The van der Waals surface area contributed by atoms with Gasteiger partial charge in [0.05, 0.1) is 11.9 Å². The van der Waals surface area contributed by atoms with Crippen molar-refractivity contribution in [2.24, 2.45) is 0 Å². The van der Waals surface area contributed by atoms with E-state index in [1.54, 1.807) is 6.92 Å². The van der Waals surface area contributed by atoms with Gasteiger partial charge < -0.3 is 5.32 Å². The molecule has 0 aliphatic rings. The number of benzene rings is 1. The van der Waals surface area contributed by atoms with Gasteiger partial charge in [0.25, 0.3) is 0 Å². The number of nitrogens with zero attached hydrogens (tertiary/aromatic N) is 1. The second kappa shape index (κ2) is 8.86. The molecule has 23 heavy (non-hydrogen) atoms. The van der Waals surface area contributed by atoms with Gasteiger partial charge in [-0.3, -0.25) is 9.10 Å². The van der Waals surface area contributed by atoms with Crippen LogP contribution in [0.3, 0.4) is 0 Å². The second-order valence-corrected chi connectivity index (χ2v) is 7.32. The molecule has 0 aliphatic carbocycles.